The summed E-state index contributed by atoms with van der Waals surface area (Å²) in [6.07, 6.45) is 1.02. The second-order valence-corrected chi connectivity index (χ2v) is 3.29. The van der Waals surface area contributed by atoms with E-state index in [1.165, 1.54) is 21.1 Å². The fourth-order valence-corrected chi connectivity index (χ4v) is 1.39. The van der Waals surface area contributed by atoms with Gasteiger partial charge in [0.2, 0.25) is 5.75 Å². The summed E-state index contributed by atoms with van der Waals surface area (Å²) >= 11 is 0. The molecule has 1 rings (SSSR count). The lowest BCUT2D eigenvalue weighted by molar-refractivity contribution is -0.132. The molecule has 92 valence electrons. The van der Waals surface area contributed by atoms with E-state index in [-0.39, 0.29) is 12.2 Å². The molecule has 0 bridgehead atoms. The van der Waals surface area contributed by atoms with Crippen molar-refractivity contribution >= 4 is 12.3 Å². The van der Waals surface area contributed by atoms with E-state index in [0.29, 0.717) is 11.5 Å². The number of aldehydes is 1. The standard InChI is InChI=1S/C12H14O5/c1-8(14)17-12-10(15-2)6-9(4-5-13)7-11(12)16-3/h5-7H,4H2,1-3H3. The Labute approximate surface area is 99.3 Å². The highest BCUT2D eigenvalue weighted by molar-refractivity contribution is 5.72. The Balaban J connectivity index is 3.24. The summed E-state index contributed by atoms with van der Waals surface area (Å²) < 4.78 is 15.2. The minimum Gasteiger partial charge on any atom is -0.493 e. The van der Waals surface area contributed by atoms with Crippen molar-refractivity contribution in [3.05, 3.63) is 17.7 Å². The summed E-state index contributed by atoms with van der Waals surface area (Å²) in [4.78, 5) is 21.4. The lowest BCUT2D eigenvalue weighted by Gasteiger charge is -2.13. The van der Waals surface area contributed by atoms with Gasteiger partial charge >= 0.3 is 5.97 Å². The molecule has 0 aliphatic carbocycles. The summed E-state index contributed by atoms with van der Waals surface area (Å²) in [7, 11) is 2.90. The molecular formula is C12H14O5. The van der Waals surface area contributed by atoms with Crippen molar-refractivity contribution in [2.75, 3.05) is 14.2 Å². The largest absolute Gasteiger partial charge is 0.493 e. The maximum Gasteiger partial charge on any atom is 0.308 e. The lowest BCUT2D eigenvalue weighted by atomic mass is 10.1. The van der Waals surface area contributed by atoms with Gasteiger partial charge in [0, 0.05) is 13.3 Å². The summed E-state index contributed by atoms with van der Waals surface area (Å²) in [6, 6.07) is 3.27. The van der Waals surface area contributed by atoms with Gasteiger partial charge in [-0.1, -0.05) is 0 Å². The van der Waals surface area contributed by atoms with Crippen LogP contribution < -0.4 is 14.2 Å². The van der Waals surface area contributed by atoms with Crippen molar-refractivity contribution in [3.8, 4) is 17.2 Å². The summed E-state index contributed by atoms with van der Waals surface area (Å²) in [6.45, 7) is 1.29. The fourth-order valence-electron chi connectivity index (χ4n) is 1.39. The van der Waals surface area contributed by atoms with Crippen molar-refractivity contribution in [2.45, 2.75) is 13.3 Å². The van der Waals surface area contributed by atoms with E-state index in [2.05, 4.69) is 0 Å². The smallest absolute Gasteiger partial charge is 0.308 e. The minimum absolute atomic E-state index is 0.220. The van der Waals surface area contributed by atoms with Gasteiger partial charge in [0.05, 0.1) is 14.2 Å². The Bertz CT molecular complexity index is 400. The number of rotatable bonds is 5. The highest BCUT2D eigenvalue weighted by Crippen LogP contribution is 2.38. The second-order valence-electron chi connectivity index (χ2n) is 3.29. The van der Waals surface area contributed by atoms with E-state index in [1.807, 2.05) is 0 Å². The van der Waals surface area contributed by atoms with Crippen LogP contribution in [0.1, 0.15) is 12.5 Å². The Hall–Kier alpha value is -2.04. The normalized spacial score (nSPS) is 9.59. The van der Waals surface area contributed by atoms with Crippen molar-refractivity contribution in [2.24, 2.45) is 0 Å². The zero-order valence-electron chi connectivity index (χ0n) is 9.98. The summed E-state index contributed by atoms with van der Waals surface area (Å²) in [5, 5.41) is 0. The third-order valence-corrected chi connectivity index (χ3v) is 2.09. The maximum absolute atomic E-state index is 11.0. The molecule has 0 heterocycles. The van der Waals surface area contributed by atoms with Crippen LogP contribution in [-0.2, 0) is 16.0 Å². The molecule has 0 spiro atoms. The first-order valence-corrected chi connectivity index (χ1v) is 4.99. The van der Waals surface area contributed by atoms with Crippen LogP contribution in [-0.4, -0.2) is 26.5 Å². The van der Waals surface area contributed by atoms with E-state index < -0.39 is 5.97 Å². The molecule has 1 aromatic rings. The van der Waals surface area contributed by atoms with Crippen molar-refractivity contribution in [1.29, 1.82) is 0 Å². The Morgan fingerprint density at radius 1 is 1.24 bits per heavy atom. The van der Waals surface area contributed by atoms with E-state index in [1.54, 1.807) is 12.1 Å². The number of methoxy groups -OCH3 is 2. The Kier molecular flexibility index (Phi) is 4.51. The van der Waals surface area contributed by atoms with E-state index >= 15 is 0 Å². The molecule has 17 heavy (non-hydrogen) atoms. The van der Waals surface area contributed by atoms with Gasteiger partial charge < -0.3 is 19.0 Å². The lowest BCUT2D eigenvalue weighted by Crippen LogP contribution is -2.05. The van der Waals surface area contributed by atoms with E-state index in [0.717, 1.165) is 11.8 Å². The fraction of sp³-hybridized carbons (Fsp3) is 0.333. The van der Waals surface area contributed by atoms with Crippen molar-refractivity contribution < 1.29 is 23.8 Å². The monoisotopic (exact) mass is 238 g/mol. The van der Waals surface area contributed by atoms with Gasteiger partial charge in [-0.2, -0.15) is 0 Å². The number of hydrogen-bond donors (Lipinski definition) is 0. The SMILES string of the molecule is COc1cc(CC=O)cc(OC)c1OC(C)=O. The van der Waals surface area contributed by atoms with Gasteiger partial charge in [0.1, 0.15) is 6.29 Å². The molecule has 0 radical (unpaired) electrons. The number of hydrogen-bond acceptors (Lipinski definition) is 5. The molecule has 0 aromatic heterocycles. The first-order valence-electron chi connectivity index (χ1n) is 4.99. The molecule has 5 heteroatoms. The van der Waals surface area contributed by atoms with Crippen molar-refractivity contribution in [1.82, 2.24) is 0 Å². The molecule has 0 atom stereocenters. The zero-order valence-corrected chi connectivity index (χ0v) is 9.98. The first-order chi connectivity index (χ1) is 8.12. The molecule has 1 aromatic carbocycles. The highest BCUT2D eigenvalue weighted by atomic mass is 16.6. The van der Waals surface area contributed by atoms with Gasteiger partial charge in [-0.05, 0) is 17.7 Å². The number of carbonyl (C=O) groups excluding carboxylic acids is 2. The molecule has 0 amide bonds. The van der Waals surface area contributed by atoms with Crippen LogP contribution in [0.5, 0.6) is 17.2 Å². The minimum atomic E-state index is -0.468. The van der Waals surface area contributed by atoms with Crippen LogP contribution >= 0.6 is 0 Å². The van der Waals surface area contributed by atoms with Crippen molar-refractivity contribution in [3.63, 3.8) is 0 Å². The van der Waals surface area contributed by atoms with Gasteiger partial charge in [-0.15, -0.1) is 0 Å². The van der Waals surface area contributed by atoms with Gasteiger partial charge in [0.25, 0.3) is 0 Å². The number of carbonyl (C=O) groups is 2. The second kappa shape index (κ2) is 5.89. The molecule has 0 aliphatic rings. The third-order valence-electron chi connectivity index (χ3n) is 2.09. The number of ether oxygens (including phenoxy) is 3. The highest BCUT2D eigenvalue weighted by Gasteiger charge is 2.15. The van der Waals surface area contributed by atoms with Crippen LogP contribution in [0.25, 0.3) is 0 Å². The topological polar surface area (TPSA) is 61.8 Å². The molecule has 0 N–H and O–H groups in total. The van der Waals surface area contributed by atoms with Crippen LogP contribution in [0.15, 0.2) is 12.1 Å². The van der Waals surface area contributed by atoms with Crippen LogP contribution in [0, 0.1) is 0 Å². The first kappa shape index (κ1) is 13.0. The average molecular weight is 238 g/mol. The molecule has 0 saturated heterocycles. The van der Waals surface area contributed by atoms with Gasteiger partial charge in [-0.3, -0.25) is 4.79 Å². The summed E-state index contributed by atoms with van der Waals surface area (Å²) in [5.74, 6) is 0.467. The predicted molar refractivity (Wildman–Crippen MR) is 60.6 cm³/mol. The Morgan fingerprint density at radius 3 is 2.12 bits per heavy atom. The van der Waals surface area contributed by atoms with Crippen LogP contribution in [0.3, 0.4) is 0 Å². The van der Waals surface area contributed by atoms with Gasteiger partial charge in [0.15, 0.2) is 11.5 Å². The Morgan fingerprint density at radius 2 is 1.76 bits per heavy atom. The third kappa shape index (κ3) is 3.21. The van der Waals surface area contributed by atoms with Crippen LogP contribution in [0.2, 0.25) is 0 Å². The predicted octanol–water partition coefficient (Wildman–Crippen LogP) is 1.37. The van der Waals surface area contributed by atoms with E-state index in [4.69, 9.17) is 14.2 Å². The maximum atomic E-state index is 11.0. The molecule has 5 nitrogen and oxygen atoms in total. The zero-order chi connectivity index (χ0) is 12.8. The van der Waals surface area contributed by atoms with Crippen LogP contribution in [0.4, 0.5) is 0 Å². The molecular weight excluding hydrogens is 224 g/mol. The van der Waals surface area contributed by atoms with Gasteiger partial charge in [-0.25, -0.2) is 0 Å². The number of esters is 1. The molecule has 0 fully saturated rings. The molecule has 0 saturated carbocycles. The average Bonchev–Trinajstić information content (AvgIpc) is 2.30. The van der Waals surface area contributed by atoms with E-state index in [9.17, 15) is 9.59 Å². The molecule has 0 unspecified atom stereocenters. The number of benzene rings is 1. The quantitative estimate of drug-likeness (QED) is 0.440. The molecule has 0 aliphatic heterocycles. The summed E-state index contributed by atoms with van der Waals surface area (Å²) in [5.41, 5.74) is 0.726.